The molecule has 0 atom stereocenters. The first-order chi connectivity index (χ1) is 18.9. The summed E-state index contributed by atoms with van der Waals surface area (Å²) in [5.41, 5.74) is 0. The van der Waals surface area contributed by atoms with E-state index in [1.807, 2.05) is 0 Å². The van der Waals surface area contributed by atoms with Gasteiger partial charge in [-0.2, -0.15) is 0 Å². The Morgan fingerprint density at radius 1 is 0.205 bits per heavy atom. The predicted molar refractivity (Wildman–Crippen MR) is 116 cm³/mol. The Kier molecular flexibility index (Phi) is 13.7. The van der Waals surface area contributed by atoms with Crippen molar-refractivity contribution in [3.8, 4) is 69.0 Å². The Labute approximate surface area is 335 Å². The number of hydrogen-bond donors (Lipinski definition) is 0. The maximum absolute atomic E-state index is 12.2. The van der Waals surface area contributed by atoms with Crippen molar-refractivity contribution in [1.29, 1.82) is 0 Å². The fourth-order valence-corrected chi connectivity index (χ4v) is 4.56. The zero-order valence-corrected chi connectivity index (χ0v) is 31.5. The molecule has 12 nitrogen and oxygen atoms in total. The molecule has 0 aliphatic rings. The molecule has 0 aromatic heterocycles. The van der Waals surface area contributed by atoms with Gasteiger partial charge < -0.3 is 61.3 Å². The third-order valence-corrected chi connectivity index (χ3v) is 6.33. The Morgan fingerprint density at radius 3 is 0.386 bits per heavy atom. The van der Waals surface area contributed by atoms with Gasteiger partial charge in [0.1, 0.15) is 0 Å². The van der Waals surface area contributed by atoms with Crippen LogP contribution < -0.4 is 180 Å². The first-order valence-electron chi connectivity index (χ1n) is 11.1. The average Bonchev–Trinajstić information content (AvgIpc) is 2.91. The second kappa shape index (κ2) is 15.0. The van der Waals surface area contributed by atoms with Gasteiger partial charge in [-0.05, 0) is 43.1 Å². The molecular formula is C28H8Na4O12-8. The van der Waals surface area contributed by atoms with E-state index in [1.54, 1.807) is 0 Å². The molecular weight excluding hydrogens is 620 g/mol. The molecule has 6 rings (SSSR count). The maximum atomic E-state index is 12.2. The molecule has 0 saturated carbocycles. The van der Waals surface area contributed by atoms with Crippen molar-refractivity contribution < 1.29 is 180 Å². The van der Waals surface area contributed by atoms with E-state index >= 15 is 0 Å². The second-order valence-electron chi connectivity index (χ2n) is 8.56. The van der Waals surface area contributed by atoms with Gasteiger partial charge in [0.25, 0.3) is 0 Å². The van der Waals surface area contributed by atoms with Crippen LogP contribution >= 0.6 is 0 Å². The van der Waals surface area contributed by atoms with Crippen LogP contribution in [0.4, 0.5) is 0 Å². The molecule has 6 aromatic carbocycles. The molecule has 6 aromatic rings. The van der Waals surface area contributed by atoms with Crippen LogP contribution in [0.25, 0.3) is 43.1 Å². The van der Waals surface area contributed by atoms with Gasteiger partial charge in [-0.1, -0.05) is 71.5 Å². The molecule has 204 valence electrons. The van der Waals surface area contributed by atoms with Crippen LogP contribution in [0.3, 0.4) is 0 Å². The van der Waals surface area contributed by atoms with E-state index in [-0.39, 0.29) is 118 Å². The molecule has 44 heavy (non-hydrogen) atoms. The summed E-state index contributed by atoms with van der Waals surface area (Å²) >= 11 is 0. The summed E-state index contributed by atoms with van der Waals surface area (Å²) < 4.78 is 0. The summed E-state index contributed by atoms with van der Waals surface area (Å²) in [6.07, 6.45) is 0. The van der Waals surface area contributed by atoms with Crippen molar-refractivity contribution in [2.45, 2.75) is 0 Å². The molecule has 0 saturated heterocycles. The first kappa shape index (κ1) is 40.0. The summed E-state index contributed by atoms with van der Waals surface area (Å²) in [5, 5.41) is 137. The molecule has 16 heteroatoms. The largest absolute Gasteiger partial charge is 1.00 e. The van der Waals surface area contributed by atoms with Crippen molar-refractivity contribution in [1.82, 2.24) is 0 Å². The van der Waals surface area contributed by atoms with Gasteiger partial charge in [-0.15, -0.1) is 46.0 Å². The topological polar surface area (TPSA) is 277 Å². The van der Waals surface area contributed by atoms with Crippen molar-refractivity contribution in [2.75, 3.05) is 0 Å². The van der Waals surface area contributed by atoms with E-state index in [0.717, 1.165) is 48.5 Å². The van der Waals surface area contributed by atoms with Gasteiger partial charge in [-0.25, -0.2) is 0 Å². The molecule has 0 aliphatic carbocycles. The Hall–Kier alpha value is -2.04. The van der Waals surface area contributed by atoms with E-state index in [1.165, 1.54) is 0 Å². The number of benzene rings is 6. The first-order valence-corrected chi connectivity index (χ1v) is 11.1. The summed E-state index contributed by atoms with van der Waals surface area (Å²) in [6, 6.07) is 6.91. The molecule has 0 aliphatic heterocycles. The van der Waals surface area contributed by atoms with E-state index in [0.29, 0.717) is 0 Å². The Balaban J connectivity index is 0.000000403. The van der Waals surface area contributed by atoms with E-state index in [4.69, 9.17) is 0 Å². The van der Waals surface area contributed by atoms with Crippen LogP contribution in [0.5, 0.6) is 69.0 Å². The van der Waals surface area contributed by atoms with Crippen LogP contribution in [-0.2, 0) is 0 Å². The van der Waals surface area contributed by atoms with Gasteiger partial charge >= 0.3 is 118 Å². The fraction of sp³-hybridized carbons (Fsp3) is 0. The summed E-state index contributed by atoms with van der Waals surface area (Å²) in [7, 11) is 0. The molecule has 0 unspecified atom stereocenters. The molecule has 0 radical (unpaired) electrons. The average molecular weight is 628 g/mol. The summed E-state index contributed by atoms with van der Waals surface area (Å²) in [6.45, 7) is 0. The zero-order chi connectivity index (χ0) is 29.2. The number of rotatable bonds is 0. The molecule has 0 bridgehead atoms. The van der Waals surface area contributed by atoms with Crippen molar-refractivity contribution in [3.63, 3.8) is 0 Å². The summed E-state index contributed by atoms with van der Waals surface area (Å²) in [5.74, 6) is -10.7. The number of hydrogen-bond acceptors (Lipinski definition) is 12. The molecule has 0 heterocycles. The minimum atomic E-state index is -1.04. The fourth-order valence-electron chi connectivity index (χ4n) is 4.56. The van der Waals surface area contributed by atoms with Crippen molar-refractivity contribution in [2.24, 2.45) is 0 Å². The van der Waals surface area contributed by atoms with Crippen molar-refractivity contribution in [3.05, 3.63) is 48.5 Å². The van der Waals surface area contributed by atoms with Crippen molar-refractivity contribution >= 4 is 43.1 Å². The maximum Gasteiger partial charge on any atom is 1.00 e. The van der Waals surface area contributed by atoms with E-state index < -0.39 is 112 Å². The normalized spacial score (nSPS) is 10.2. The summed E-state index contributed by atoms with van der Waals surface area (Å²) in [4.78, 5) is 0. The van der Waals surface area contributed by atoms with Crippen LogP contribution in [0.1, 0.15) is 0 Å². The molecule has 0 amide bonds. The van der Waals surface area contributed by atoms with Gasteiger partial charge in [0.2, 0.25) is 0 Å². The Morgan fingerprint density at radius 2 is 0.295 bits per heavy atom. The third kappa shape index (κ3) is 6.32. The molecule has 0 spiro atoms. The monoisotopic (exact) mass is 628 g/mol. The second-order valence-corrected chi connectivity index (χ2v) is 8.56. The minimum absolute atomic E-state index is 0. The van der Waals surface area contributed by atoms with Gasteiger partial charge in [0.15, 0.2) is 0 Å². The van der Waals surface area contributed by atoms with E-state index in [9.17, 15) is 61.3 Å². The standard InChI is InChI=1S/2C14H10O6.4Na/c2*15-5-1-2-6(16)10-9(5)13(19)11-7(17)3-4-8(18)12(11)14(10)20;;;;/h2*1-4,15-20H;;;;/q;;4*+1/p-12. The van der Waals surface area contributed by atoms with Crippen LogP contribution in [0.15, 0.2) is 48.5 Å². The van der Waals surface area contributed by atoms with Crippen LogP contribution in [-0.4, -0.2) is 0 Å². The minimum Gasteiger partial charge on any atom is -0.872 e. The zero-order valence-electron chi connectivity index (χ0n) is 23.5. The number of fused-ring (bicyclic) bond motifs is 4. The van der Waals surface area contributed by atoms with Crippen LogP contribution in [0, 0.1) is 0 Å². The molecule has 0 N–H and O–H groups in total. The van der Waals surface area contributed by atoms with Gasteiger partial charge in [0, 0.05) is 0 Å². The SMILES string of the molecule is [Na+].[Na+].[Na+].[Na+].[O-]c1ccc([O-])c2c([O-])c3c([O-])ccc([O-])c3c([O-])c12.[O-]c1ccc([O-])c2c([O-])c3c([O-])ccc([O-])c3c([O-])c12. The third-order valence-electron chi connectivity index (χ3n) is 6.33. The van der Waals surface area contributed by atoms with Gasteiger partial charge in [0.05, 0.1) is 0 Å². The quantitative estimate of drug-likeness (QED) is 0.112. The molecule has 0 fully saturated rings. The smallest absolute Gasteiger partial charge is 0.872 e. The Bertz CT molecular complexity index is 1620. The van der Waals surface area contributed by atoms with Gasteiger partial charge in [-0.3, -0.25) is 0 Å². The van der Waals surface area contributed by atoms with E-state index in [2.05, 4.69) is 0 Å². The predicted octanol–water partition coefficient (Wildman–Crippen LogP) is -15.1. The van der Waals surface area contributed by atoms with Crippen LogP contribution in [0.2, 0.25) is 0 Å².